The minimum Gasteiger partial charge on any atom is -0.497 e. The second-order valence-electron chi connectivity index (χ2n) is 4.84. The molecule has 2 rings (SSSR count). The predicted molar refractivity (Wildman–Crippen MR) is 85.5 cm³/mol. The van der Waals surface area contributed by atoms with Crippen LogP contribution in [0.15, 0.2) is 22.7 Å². The molecule has 0 amide bonds. The van der Waals surface area contributed by atoms with Crippen LogP contribution in [0.3, 0.4) is 0 Å². The minimum absolute atomic E-state index is 0.224. The van der Waals surface area contributed by atoms with Gasteiger partial charge in [-0.2, -0.15) is 0 Å². The Morgan fingerprint density at radius 3 is 3.00 bits per heavy atom. The molecule has 1 heterocycles. The first-order valence-electron chi connectivity index (χ1n) is 6.47. The summed E-state index contributed by atoms with van der Waals surface area (Å²) in [6.07, 6.45) is 3.48. The third kappa shape index (κ3) is 3.68. The summed E-state index contributed by atoms with van der Waals surface area (Å²) in [5, 5.41) is 0. The number of halogens is 1. The fourth-order valence-corrected chi connectivity index (χ4v) is 3.16. The SMILES string of the molecule is COc1ccc(Br)c(CN2CCCCC2C(N)=S)c1. The van der Waals surface area contributed by atoms with Crippen molar-refractivity contribution in [3.63, 3.8) is 0 Å². The average Bonchev–Trinajstić information content (AvgIpc) is 2.41. The zero-order valence-electron chi connectivity index (χ0n) is 11.1. The highest BCUT2D eigenvalue weighted by Crippen LogP contribution is 2.26. The first kappa shape index (κ1) is 14.8. The van der Waals surface area contributed by atoms with Crippen LogP contribution in [0, 0.1) is 0 Å². The van der Waals surface area contributed by atoms with Gasteiger partial charge in [0.1, 0.15) is 5.75 Å². The molecular weight excluding hydrogens is 324 g/mol. The molecular formula is C14H19BrN2OS. The molecule has 0 saturated carbocycles. The van der Waals surface area contributed by atoms with Crippen molar-refractivity contribution in [2.24, 2.45) is 5.73 Å². The summed E-state index contributed by atoms with van der Waals surface area (Å²) in [5.41, 5.74) is 7.07. The zero-order valence-corrected chi connectivity index (χ0v) is 13.5. The van der Waals surface area contributed by atoms with E-state index in [1.54, 1.807) is 7.11 Å². The summed E-state index contributed by atoms with van der Waals surface area (Å²) in [4.78, 5) is 2.98. The average molecular weight is 343 g/mol. The van der Waals surface area contributed by atoms with Crippen LogP contribution in [0.1, 0.15) is 24.8 Å². The van der Waals surface area contributed by atoms with Crippen molar-refractivity contribution in [1.82, 2.24) is 4.90 Å². The highest BCUT2D eigenvalue weighted by atomic mass is 79.9. The Labute approximate surface area is 128 Å². The van der Waals surface area contributed by atoms with Gasteiger partial charge in [-0.05, 0) is 43.1 Å². The summed E-state index contributed by atoms with van der Waals surface area (Å²) >= 11 is 8.79. The predicted octanol–water partition coefficient (Wildman–Crippen LogP) is 3.10. The summed E-state index contributed by atoms with van der Waals surface area (Å²) < 4.78 is 6.38. The van der Waals surface area contributed by atoms with Crippen LogP contribution in [0.4, 0.5) is 0 Å². The lowest BCUT2D eigenvalue weighted by Gasteiger charge is -2.35. The molecule has 0 radical (unpaired) electrons. The molecule has 0 aliphatic carbocycles. The van der Waals surface area contributed by atoms with Crippen molar-refractivity contribution in [3.8, 4) is 5.75 Å². The minimum atomic E-state index is 0.224. The summed E-state index contributed by atoms with van der Waals surface area (Å²) in [6, 6.07) is 6.26. The second-order valence-corrected chi connectivity index (χ2v) is 6.17. The third-order valence-corrected chi connectivity index (χ3v) is 4.61. The van der Waals surface area contributed by atoms with Crippen LogP contribution < -0.4 is 10.5 Å². The van der Waals surface area contributed by atoms with E-state index in [1.165, 1.54) is 18.4 Å². The van der Waals surface area contributed by atoms with Crippen LogP contribution in [0.2, 0.25) is 0 Å². The Kier molecular flexibility index (Phi) is 5.19. The van der Waals surface area contributed by atoms with Gasteiger partial charge >= 0.3 is 0 Å². The molecule has 5 heteroatoms. The Morgan fingerprint density at radius 2 is 2.32 bits per heavy atom. The van der Waals surface area contributed by atoms with Crippen LogP contribution in [-0.4, -0.2) is 29.6 Å². The molecule has 1 aromatic rings. The van der Waals surface area contributed by atoms with Crippen molar-refractivity contribution >= 4 is 33.1 Å². The molecule has 3 nitrogen and oxygen atoms in total. The van der Waals surface area contributed by atoms with Gasteiger partial charge in [-0.3, -0.25) is 4.90 Å². The van der Waals surface area contributed by atoms with Crippen LogP contribution >= 0.6 is 28.1 Å². The summed E-state index contributed by atoms with van der Waals surface area (Å²) in [6.45, 7) is 1.89. The van der Waals surface area contributed by atoms with Gasteiger partial charge in [-0.15, -0.1) is 0 Å². The number of nitrogens with zero attached hydrogens (tertiary/aromatic N) is 1. The Hall–Kier alpha value is -0.650. The van der Waals surface area contributed by atoms with Crippen LogP contribution in [0.5, 0.6) is 5.75 Å². The normalized spacial score (nSPS) is 20.2. The molecule has 2 N–H and O–H groups in total. The molecule has 0 aromatic heterocycles. The van der Waals surface area contributed by atoms with Crippen LogP contribution in [-0.2, 0) is 6.54 Å². The van der Waals surface area contributed by atoms with Gasteiger partial charge in [0.25, 0.3) is 0 Å². The fraction of sp³-hybridized carbons (Fsp3) is 0.500. The topological polar surface area (TPSA) is 38.5 Å². The van der Waals surface area contributed by atoms with Gasteiger partial charge in [0, 0.05) is 11.0 Å². The van der Waals surface area contributed by atoms with Gasteiger partial charge in [-0.25, -0.2) is 0 Å². The van der Waals surface area contributed by atoms with E-state index in [9.17, 15) is 0 Å². The van der Waals surface area contributed by atoms with Crippen molar-refractivity contribution in [2.75, 3.05) is 13.7 Å². The molecule has 1 unspecified atom stereocenters. The van der Waals surface area contributed by atoms with E-state index in [2.05, 4.69) is 26.9 Å². The van der Waals surface area contributed by atoms with E-state index >= 15 is 0 Å². The molecule has 1 fully saturated rings. The number of nitrogens with two attached hydrogens (primary N) is 1. The molecule has 1 aliphatic heterocycles. The molecule has 0 bridgehead atoms. The first-order valence-corrected chi connectivity index (χ1v) is 7.67. The molecule has 19 heavy (non-hydrogen) atoms. The lowest BCUT2D eigenvalue weighted by Crippen LogP contribution is -2.46. The lowest BCUT2D eigenvalue weighted by molar-refractivity contribution is 0.184. The fourth-order valence-electron chi connectivity index (χ4n) is 2.52. The number of hydrogen-bond acceptors (Lipinski definition) is 3. The number of ether oxygens (including phenoxy) is 1. The lowest BCUT2D eigenvalue weighted by atomic mass is 10.0. The third-order valence-electron chi connectivity index (χ3n) is 3.57. The Bertz CT molecular complexity index is 467. The number of piperidine rings is 1. The molecule has 1 saturated heterocycles. The maximum atomic E-state index is 5.86. The number of hydrogen-bond donors (Lipinski definition) is 1. The maximum Gasteiger partial charge on any atom is 0.119 e. The van der Waals surface area contributed by atoms with Crippen molar-refractivity contribution in [1.29, 1.82) is 0 Å². The van der Waals surface area contributed by atoms with Gasteiger partial charge in [-0.1, -0.05) is 34.6 Å². The number of likely N-dealkylation sites (tertiary alicyclic amines) is 1. The quantitative estimate of drug-likeness (QED) is 0.853. The number of thiocarbonyl (C=S) groups is 1. The highest BCUT2D eigenvalue weighted by Gasteiger charge is 2.25. The van der Waals surface area contributed by atoms with E-state index in [-0.39, 0.29) is 6.04 Å². The van der Waals surface area contributed by atoms with Crippen molar-refractivity contribution in [3.05, 3.63) is 28.2 Å². The molecule has 1 aliphatic rings. The molecule has 0 spiro atoms. The molecule has 1 aromatic carbocycles. The largest absolute Gasteiger partial charge is 0.497 e. The van der Waals surface area contributed by atoms with Gasteiger partial charge in [0.05, 0.1) is 18.1 Å². The van der Waals surface area contributed by atoms with E-state index in [0.717, 1.165) is 29.7 Å². The van der Waals surface area contributed by atoms with Gasteiger partial charge in [0.15, 0.2) is 0 Å². The Morgan fingerprint density at radius 1 is 1.53 bits per heavy atom. The van der Waals surface area contributed by atoms with Crippen molar-refractivity contribution < 1.29 is 4.74 Å². The van der Waals surface area contributed by atoms with Crippen molar-refractivity contribution in [2.45, 2.75) is 31.8 Å². The van der Waals surface area contributed by atoms with E-state index in [1.807, 2.05) is 12.1 Å². The van der Waals surface area contributed by atoms with Gasteiger partial charge < -0.3 is 10.5 Å². The number of benzene rings is 1. The molecule has 1 atom stereocenters. The Balaban J connectivity index is 2.16. The number of methoxy groups -OCH3 is 1. The monoisotopic (exact) mass is 342 g/mol. The second kappa shape index (κ2) is 6.68. The van der Waals surface area contributed by atoms with E-state index < -0.39 is 0 Å². The number of rotatable bonds is 4. The van der Waals surface area contributed by atoms with E-state index in [4.69, 9.17) is 22.7 Å². The summed E-state index contributed by atoms with van der Waals surface area (Å²) in [5.74, 6) is 0.877. The zero-order chi connectivity index (χ0) is 13.8. The molecule has 104 valence electrons. The van der Waals surface area contributed by atoms with Crippen LogP contribution in [0.25, 0.3) is 0 Å². The van der Waals surface area contributed by atoms with E-state index in [0.29, 0.717) is 4.99 Å². The smallest absolute Gasteiger partial charge is 0.119 e. The first-order chi connectivity index (χ1) is 9.11. The van der Waals surface area contributed by atoms with Gasteiger partial charge in [0.2, 0.25) is 0 Å². The highest BCUT2D eigenvalue weighted by molar-refractivity contribution is 9.10. The maximum absolute atomic E-state index is 5.86. The summed E-state index contributed by atoms with van der Waals surface area (Å²) in [7, 11) is 1.69. The standard InChI is InChI=1S/C14H19BrN2OS/c1-18-11-5-6-12(15)10(8-11)9-17-7-3-2-4-13(17)14(16)19/h5-6,8,13H,2-4,7,9H2,1H3,(H2,16,19).